The lowest BCUT2D eigenvalue weighted by molar-refractivity contribution is -0.150. The highest BCUT2D eigenvalue weighted by atomic mass is 16.4. The maximum atomic E-state index is 12.3. The Morgan fingerprint density at radius 1 is 1.33 bits per heavy atom. The van der Waals surface area contributed by atoms with Gasteiger partial charge in [0.2, 0.25) is 0 Å². The van der Waals surface area contributed by atoms with E-state index in [1.807, 2.05) is 13.8 Å². The molecule has 0 bridgehead atoms. The van der Waals surface area contributed by atoms with Crippen LogP contribution in [0.5, 0.6) is 0 Å². The molecule has 1 saturated carbocycles. The molecular formula is C16H23NO4. The molecule has 0 aromatic carbocycles. The Morgan fingerprint density at radius 3 is 2.57 bits per heavy atom. The predicted octanol–water partition coefficient (Wildman–Crippen LogP) is 3.17. The number of furan rings is 1. The number of carbonyl (C=O) groups is 2. The van der Waals surface area contributed by atoms with Crippen LogP contribution in [0.1, 0.15) is 68.0 Å². The second-order valence-corrected chi connectivity index (χ2v) is 6.18. The molecule has 0 saturated heterocycles. The highest BCUT2D eigenvalue weighted by Crippen LogP contribution is 2.36. The number of amides is 1. The number of rotatable bonds is 5. The summed E-state index contributed by atoms with van der Waals surface area (Å²) >= 11 is 0. The summed E-state index contributed by atoms with van der Waals surface area (Å²) in [5.74, 6) is -0.304. The van der Waals surface area contributed by atoms with Crippen LogP contribution < -0.4 is 5.32 Å². The highest BCUT2D eigenvalue weighted by Gasteiger charge is 2.40. The van der Waals surface area contributed by atoms with Crippen LogP contribution in [-0.4, -0.2) is 23.5 Å². The van der Waals surface area contributed by atoms with Gasteiger partial charge in [-0.2, -0.15) is 0 Å². The van der Waals surface area contributed by atoms with Crippen molar-refractivity contribution in [2.75, 3.05) is 6.54 Å². The van der Waals surface area contributed by atoms with Crippen molar-refractivity contribution in [1.29, 1.82) is 0 Å². The van der Waals surface area contributed by atoms with E-state index >= 15 is 0 Å². The van der Waals surface area contributed by atoms with Crippen LogP contribution in [0.2, 0.25) is 0 Å². The lowest BCUT2D eigenvalue weighted by atomic mass is 9.74. The second-order valence-electron chi connectivity index (χ2n) is 6.18. The Balaban J connectivity index is 2.05. The first-order chi connectivity index (χ1) is 9.96. The molecule has 1 aliphatic carbocycles. The summed E-state index contributed by atoms with van der Waals surface area (Å²) in [5.41, 5.74) is -0.309. The molecule has 1 heterocycles. The van der Waals surface area contributed by atoms with E-state index in [9.17, 15) is 14.7 Å². The second kappa shape index (κ2) is 6.33. The number of hydrogen-bond acceptors (Lipinski definition) is 3. The summed E-state index contributed by atoms with van der Waals surface area (Å²) in [5, 5.41) is 12.3. The third-order valence-electron chi connectivity index (χ3n) is 4.32. The van der Waals surface area contributed by atoms with Crippen molar-refractivity contribution in [2.24, 2.45) is 5.41 Å². The SMILES string of the molecule is CC(C)c1occc1C(=O)NCC1(C(=O)O)CCCCC1. The average molecular weight is 293 g/mol. The molecule has 0 spiro atoms. The quantitative estimate of drug-likeness (QED) is 0.874. The number of hydrogen-bond donors (Lipinski definition) is 2. The fourth-order valence-electron chi connectivity index (χ4n) is 3.00. The zero-order chi connectivity index (χ0) is 15.5. The summed E-state index contributed by atoms with van der Waals surface area (Å²) in [7, 11) is 0. The topological polar surface area (TPSA) is 79.5 Å². The number of nitrogens with one attached hydrogen (secondary N) is 1. The number of carbonyl (C=O) groups excluding carboxylic acids is 1. The van der Waals surface area contributed by atoms with Crippen LogP contribution in [0.25, 0.3) is 0 Å². The van der Waals surface area contributed by atoms with Gasteiger partial charge in [0.15, 0.2) is 0 Å². The molecule has 1 aromatic rings. The third-order valence-corrected chi connectivity index (χ3v) is 4.32. The molecule has 2 rings (SSSR count). The van der Waals surface area contributed by atoms with E-state index in [0.29, 0.717) is 24.2 Å². The summed E-state index contributed by atoms with van der Waals surface area (Å²) in [6.45, 7) is 4.09. The minimum atomic E-state index is -0.810. The van der Waals surface area contributed by atoms with E-state index in [2.05, 4.69) is 5.32 Å². The van der Waals surface area contributed by atoms with E-state index < -0.39 is 11.4 Å². The molecule has 0 atom stereocenters. The van der Waals surface area contributed by atoms with Crippen LogP contribution in [-0.2, 0) is 4.79 Å². The highest BCUT2D eigenvalue weighted by molar-refractivity contribution is 5.95. The van der Waals surface area contributed by atoms with Crippen LogP contribution in [0, 0.1) is 5.41 Å². The normalized spacial score (nSPS) is 17.7. The van der Waals surface area contributed by atoms with Gasteiger partial charge in [-0.3, -0.25) is 9.59 Å². The first kappa shape index (κ1) is 15.6. The van der Waals surface area contributed by atoms with Crippen molar-refractivity contribution < 1.29 is 19.1 Å². The van der Waals surface area contributed by atoms with Crippen LogP contribution in [0.15, 0.2) is 16.7 Å². The summed E-state index contributed by atoms with van der Waals surface area (Å²) in [6.07, 6.45) is 5.65. The molecule has 21 heavy (non-hydrogen) atoms. The Kier molecular flexibility index (Phi) is 4.70. The van der Waals surface area contributed by atoms with Gasteiger partial charge in [-0.15, -0.1) is 0 Å². The van der Waals surface area contributed by atoms with Gasteiger partial charge in [0, 0.05) is 12.5 Å². The van der Waals surface area contributed by atoms with Crippen molar-refractivity contribution in [3.63, 3.8) is 0 Å². The van der Waals surface area contributed by atoms with Crippen molar-refractivity contribution in [2.45, 2.75) is 51.9 Å². The van der Waals surface area contributed by atoms with Gasteiger partial charge in [-0.1, -0.05) is 33.1 Å². The first-order valence-electron chi connectivity index (χ1n) is 7.55. The zero-order valence-corrected chi connectivity index (χ0v) is 12.6. The van der Waals surface area contributed by atoms with Crippen molar-refractivity contribution in [3.8, 4) is 0 Å². The maximum absolute atomic E-state index is 12.3. The van der Waals surface area contributed by atoms with Crippen LogP contribution in [0.4, 0.5) is 0 Å². The Hall–Kier alpha value is -1.78. The largest absolute Gasteiger partial charge is 0.481 e. The maximum Gasteiger partial charge on any atom is 0.311 e. The molecule has 0 radical (unpaired) electrons. The zero-order valence-electron chi connectivity index (χ0n) is 12.6. The number of carboxylic acids is 1. The van der Waals surface area contributed by atoms with Crippen molar-refractivity contribution in [1.82, 2.24) is 5.32 Å². The monoisotopic (exact) mass is 293 g/mol. The fraction of sp³-hybridized carbons (Fsp3) is 0.625. The van der Waals surface area contributed by atoms with Gasteiger partial charge in [-0.05, 0) is 18.9 Å². The van der Waals surface area contributed by atoms with Crippen molar-refractivity contribution >= 4 is 11.9 Å². The van der Waals surface area contributed by atoms with E-state index in [0.717, 1.165) is 19.3 Å². The minimum absolute atomic E-state index is 0.115. The van der Waals surface area contributed by atoms with Crippen LogP contribution in [0.3, 0.4) is 0 Å². The standard InChI is InChI=1S/C16H23NO4/c1-11(2)13-12(6-9-21-13)14(18)17-10-16(15(19)20)7-4-3-5-8-16/h6,9,11H,3-5,7-8,10H2,1-2H3,(H,17,18)(H,19,20). The number of aliphatic carboxylic acids is 1. The first-order valence-corrected chi connectivity index (χ1v) is 7.55. The van der Waals surface area contributed by atoms with Gasteiger partial charge >= 0.3 is 5.97 Å². The van der Waals surface area contributed by atoms with E-state index in [4.69, 9.17) is 4.42 Å². The number of carboxylic acid groups (broad SMARTS) is 1. The molecule has 116 valence electrons. The molecular weight excluding hydrogens is 270 g/mol. The molecule has 5 heteroatoms. The Bertz CT molecular complexity index is 512. The third kappa shape index (κ3) is 3.28. The minimum Gasteiger partial charge on any atom is -0.481 e. The molecule has 1 aliphatic rings. The molecule has 0 unspecified atom stereocenters. The van der Waals surface area contributed by atoms with Gasteiger partial charge in [-0.25, -0.2) is 0 Å². The molecule has 5 nitrogen and oxygen atoms in total. The van der Waals surface area contributed by atoms with E-state index in [1.165, 1.54) is 6.26 Å². The average Bonchev–Trinajstić information content (AvgIpc) is 2.95. The smallest absolute Gasteiger partial charge is 0.311 e. The van der Waals surface area contributed by atoms with Crippen molar-refractivity contribution in [3.05, 3.63) is 23.7 Å². The van der Waals surface area contributed by atoms with Gasteiger partial charge < -0.3 is 14.8 Å². The summed E-state index contributed by atoms with van der Waals surface area (Å²) in [4.78, 5) is 23.9. The molecule has 1 amide bonds. The lowest BCUT2D eigenvalue weighted by Crippen LogP contribution is -2.44. The molecule has 0 aliphatic heterocycles. The summed E-state index contributed by atoms with van der Waals surface area (Å²) in [6, 6.07) is 1.64. The molecule has 1 fully saturated rings. The Morgan fingerprint density at radius 2 is 2.00 bits per heavy atom. The summed E-state index contributed by atoms with van der Waals surface area (Å²) < 4.78 is 5.33. The van der Waals surface area contributed by atoms with E-state index in [1.54, 1.807) is 6.07 Å². The molecule has 1 aromatic heterocycles. The van der Waals surface area contributed by atoms with Gasteiger partial charge in [0.05, 0.1) is 17.2 Å². The fourth-order valence-corrected chi connectivity index (χ4v) is 3.00. The van der Waals surface area contributed by atoms with E-state index in [-0.39, 0.29) is 18.4 Å². The Labute approximate surface area is 124 Å². The van der Waals surface area contributed by atoms with Gasteiger partial charge in [0.25, 0.3) is 5.91 Å². The lowest BCUT2D eigenvalue weighted by Gasteiger charge is -2.33. The predicted molar refractivity (Wildman–Crippen MR) is 78.3 cm³/mol. The van der Waals surface area contributed by atoms with Gasteiger partial charge in [0.1, 0.15) is 5.76 Å². The van der Waals surface area contributed by atoms with Crippen LogP contribution >= 0.6 is 0 Å². The molecule has 2 N–H and O–H groups in total.